The van der Waals surface area contributed by atoms with Gasteiger partial charge in [-0.3, -0.25) is 0 Å². The van der Waals surface area contributed by atoms with Gasteiger partial charge in [0.05, 0.1) is 5.69 Å². The minimum atomic E-state index is 0.708. The number of hydrogen-bond acceptors (Lipinski definition) is 2. The lowest BCUT2D eigenvalue weighted by molar-refractivity contribution is 0.385. The zero-order valence-corrected chi connectivity index (χ0v) is 7.42. The number of aromatic nitrogens is 1. The Morgan fingerprint density at radius 3 is 2.82 bits per heavy atom. The Morgan fingerprint density at radius 1 is 1.64 bits per heavy atom. The standard InChI is InChI=1S/C9H15NO/c1-4-7(2)5-9-6-8(3)11-10-9/h6-7H,4-5H2,1-3H3. The number of hydrogen-bond donors (Lipinski definition) is 0. The molecule has 0 aliphatic heterocycles. The maximum atomic E-state index is 4.96. The Morgan fingerprint density at radius 2 is 2.36 bits per heavy atom. The van der Waals surface area contributed by atoms with E-state index >= 15 is 0 Å². The van der Waals surface area contributed by atoms with Gasteiger partial charge in [-0.15, -0.1) is 0 Å². The maximum Gasteiger partial charge on any atom is 0.133 e. The van der Waals surface area contributed by atoms with E-state index in [1.807, 2.05) is 13.0 Å². The van der Waals surface area contributed by atoms with Crippen LogP contribution in [-0.4, -0.2) is 5.16 Å². The third-order valence-corrected chi connectivity index (χ3v) is 1.93. The Balaban J connectivity index is 2.50. The van der Waals surface area contributed by atoms with Crippen molar-refractivity contribution in [1.29, 1.82) is 0 Å². The highest BCUT2D eigenvalue weighted by Crippen LogP contribution is 2.10. The Kier molecular flexibility index (Phi) is 2.69. The minimum absolute atomic E-state index is 0.708. The topological polar surface area (TPSA) is 26.0 Å². The van der Waals surface area contributed by atoms with Crippen LogP contribution in [0.2, 0.25) is 0 Å². The number of nitrogens with zero attached hydrogens (tertiary/aromatic N) is 1. The summed E-state index contributed by atoms with van der Waals surface area (Å²) >= 11 is 0. The molecule has 0 saturated carbocycles. The zero-order valence-electron chi connectivity index (χ0n) is 7.42. The first-order valence-corrected chi connectivity index (χ1v) is 4.14. The van der Waals surface area contributed by atoms with Crippen molar-refractivity contribution in [3.8, 4) is 0 Å². The van der Waals surface area contributed by atoms with Crippen LogP contribution in [0, 0.1) is 12.8 Å². The summed E-state index contributed by atoms with van der Waals surface area (Å²) in [5.74, 6) is 1.61. The maximum absolute atomic E-state index is 4.96. The number of aryl methyl sites for hydroxylation is 1. The largest absolute Gasteiger partial charge is 0.361 e. The third kappa shape index (κ3) is 2.37. The van der Waals surface area contributed by atoms with Gasteiger partial charge in [-0.25, -0.2) is 0 Å². The molecular formula is C9H15NO. The fraction of sp³-hybridized carbons (Fsp3) is 0.667. The zero-order chi connectivity index (χ0) is 8.27. The summed E-state index contributed by atoms with van der Waals surface area (Å²) < 4.78 is 4.96. The van der Waals surface area contributed by atoms with Crippen molar-refractivity contribution < 1.29 is 4.52 Å². The second-order valence-corrected chi connectivity index (χ2v) is 3.15. The van der Waals surface area contributed by atoms with Gasteiger partial charge in [0, 0.05) is 6.07 Å². The van der Waals surface area contributed by atoms with E-state index in [1.165, 1.54) is 6.42 Å². The van der Waals surface area contributed by atoms with Gasteiger partial charge in [-0.1, -0.05) is 25.4 Å². The lowest BCUT2D eigenvalue weighted by Crippen LogP contribution is -1.97. The number of rotatable bonds is 3. The average Bonchev–Trinajstić information content (AvgIpc) is 2.35. The van der Waals surface area contributed by atoms with Crippen molar-refractivity contribution in [2.75, 3.05) is 0 Å². The summed E-state index contributed by atoms with van der Waals surface area (Å²) in [6, 6.07) is 2.01. The third-order valence-electron chi connectivity index (χ3n) is 1.93. The van der Waals surface area contributed by atoms with E-state index in [9.17, 15) is 0 Å². The van der Waals surface area contributed by atoms with E-state index in [0.717, 1.165) is 17.9 Å². The van der Waals surface area contributed by atoms with Crippen molar-refractivity contribution >= 4 is 0 Å². The van der Waals surface area contributed by atoms with Gasteiger partial charge in [-0.2, -0.15) is 0 Å². The van der Waals surface area contributed by atoms with Gasteiger partial charge >= 0.3 is 0 Å². The Labute approximate surface area is 67.6 Å². The molecule has 0 spiro atoms. The molecule has 1 unspecified atom stereocenters. The summed E-state index contributed by atoms with van der Waals surface area (Å²) in [6.45, 7) is 6.34. The first kappa shape index (κ1) is 8.31. The monoisotopic (exact) mass is 153 g/mol. The second kappa shape index (κ2) is 3.56. The summed E-state index contributed by atoms with van der Waals surface area (Å²) in [4.78, 5) is 0. The van der Waals surface area contributed by atoms with E-state index < -0.39 is 0 Å². The van der Waals surface area contributed by atoms with Crippen LogP contribution in [0.1, 0.15) is 31.7 Å². The summed E-state index contributed by atoms with van der Waals surface area (Å²) in [5.41, 5.74) is 1.08. The van der Waals surface area contributed by atoms with Gasteiger partial charge in [0.25, 0.3) is 0 Å². The minimum Gasteiger partial charge on any atom is -0.361 e. The van der Waals surface area contributed by atoms with E-state index in [4.69, 9.17) is 4.52 Å². The SMILES string of the molecule is CCC(C)Cc1cc(C)on1. The molecule has 0 aromatic carbocycles. The van der Waals surface area contributed by atoms with Gasteiger partial charge < -0.3 is 4.52 Å². The first-order valence-electron chi connectivity index (χ1n) is 4.14. The molecule has 11 heavy (non-hydrogen) atoms. The lowest BCUT2D eigenvalue weighted by atomic mass is 10.0. The van der Waals surface area contributed by atoms with E-state index in [1.54, 1.807) is 0 Å². The molecule has 0 N–H and O–H groups in total. The molecule has 0 fully saturated rings. The highest BCUT2D eigenvalue weighted by Gasteiger charge is 2.04. The van der Waals surface area contributed by atoms with Gasteiger partial charge in [-0.05, 0) is 19.3 Å². The second-order valence-electron chi connectivity index (χ2n) is 3.15. The lowest BCUT2D eigenvalue weighted by Gasteiger charge is -2.02. The summed E-state index contributed by atoms with van der Waals surface area (Å²) in [6.07, 6.45) is 2.24. The van der Waals surface area contributed by atoms with Crippen molar-refractivity contribution in [3.05, 3.63) is 17.5 Å². The quantitative estimate of drug-likeness (QED) is 0.667. The molecule has 1 rings (SSSR count). The van der Waals surface area contributed by atoms with Crippen molar-refractivity contribution in [3.63, 3.8) is 0 Å². The first-order chi connectivity index (χ1) is 5.22. The molecule has 62 valence electrons. The van der Waals surface area contributed by atoms with E-state index in [2.05, 4.69) is 19.0 Å². The van der Waals surface area contributed by atoms with Crippen LogP contribution >= 0.6 is 0 Å². The highest BCUT2D eigenvalue weighted by molar-refractivity contribution is 5.03. The van der Waals surface area contributed by atoms with Crippen molar-refractivity contribution in [2.24, 2.45) is 5.92 Å². The molecule has 0 aliphatic carbocycles. The van der Waals surface area contributed by atoms with E-state index in [-0.39, 0.29) is 0 Å². The van der Waals surface area contributed by atoms with Gasteiger partial charge in [0.2, 0.25) is 0 Å². The molecule has 1 aromatic heterocycles. The van der Waals surface area contributed by atoms with Crippen LogP contribution in [-0.2, 0) is 6.42 Å². The molecule has 0 bridgehead atoms. The Hall–Kier alpha value is -0.790. The van der Waals surface area contributed by atoms with Crippen LogP contribution in [0.25, 0.3) is 0 Å². The fourth-order valence-electron chi connectivity index (χ4n) is 1.02. The van der Waals surface area contributed by atoms with Crippen LogP contribution in [0.5, 0.6) is 0 Å². The molecule has 1 aromatic rings. The van der Waals surface area contributed by atoms with Gasteiger partial charge in [0.15, 0.2) is 0 Å². The normalized spacial score (nSPS) is 13.4. The van der Waals surface area contributed by atoms with E-state index in [0.29, 0.717) is 5.92 Å². The van der Waals surface area contributed by atoms with Crippen LogP contribution in [0.4, 0.5) is 0 Å². The predicted octanol–water partition coefficient (Wildman–Crippen LogP) is 2.57. The molecule has 0 amide bonds. The molecular weight excluding hydrogens is 138 g/mol. The molecule has 2 heteroatoms. The molecule has 0 aliphatic rings. The molecule has 2 nitrogen and oxygen atoms in total. The molecule has 1 atom stereocenters. The Bertz CT molecular complexity index is 217. The molecule has 0 saturated heterocycles. The smallest absolute Gasteiger partial charge is 0.133 e. The summed E-state index contributed by atoms with van der Waals surface area (Å²) in [5, 5.41) is 3.93. The fourth-order valence-corrected chi connectivity index (χ4v) is 1.02. The molecule has 0 radical (unpaired) electrons. The van der Waals surface area contributed by atoms with Crippen LogP contribution in [0.3, 0.4) is 0 Å². The van der Waals surface area contributed by atoms with Crippen molar-refractivity contribution in [1.82, 2.24) is 5.16 Å². The average molecular weight is 153 g/mol. The molecule has 1 heterocycles. The van der Waals surface area contributed by atoms with Gasteiger partial charge in [0.1, 0.15) is 5.76 Å². The predicted molar refractivity (Wildman–Crippen MR) is 44.4 cm³/mol. The summed E-state index contributed by atoms with van der Waals surface area (Å²) in [7, 11) is 0. The van der Waals surface area contributed by atoms with Crippen LogP contribution in [0.15, 0.2) is 10.6 Å². The highest BCUT2D eigenvalue weighted by atomic mass is 16.5. The van der Waals surface area contributed by atoms with Crippen LogP contribution < -0.4 is 0 Å². The van der Waals surface area contributed by atoms with Crippen molar-refractivity contribution in [2.45, 2.75) is 33.6 Å².